The molecule has 2 aromatic rings. The SMILES string of the molecule is O=[N+]([O-])c1cc(Cl)c(Nc2ccccc2)c([N+](=O)[O-])c1. The maximum atomic E-state index is 11.0. The highest BCUT2D eigenvalue weighted by molar-refractivity contribution is 6.34. The van der Waals surface area contributed by atoms with E-state index in [0.29, 0.717) is 5.69 Å². The lowest BCUT2D eigenvalue weighted by atomic mass is 10.2. The van der Waals surface area contributed by atoms with Crippen molar-refractivity contribution in [3.63, 3.8) is 0 Å². The Morgan fingerprint density at radius 1 is 1.00 bits per heavy atom. The molecule has 0 saturated carbocycles. The van der Waals surface area contributed by atoms with Crippen LogP contribution in [-0.2, 0) is 0 Å². The zero-order chi connectivity index (χ0) is 14.7. The molecular weight excluding hydrogens is 286 g/mol. The Morgan fingerprint density at radius 2 is 1.65 bits per heavy atom. The minimum absolute atomic E-state index is 0.0217. The Labute approximate surface area is 118 Å². The molecule has 0 aliphatic rings. The number of rotatable bonds is 4. The quantitative estimate of drug-likeness (QED) is 0.681. The van der Waals surface area contributed by atoms with Gasteiger partial charge in [0.2, 0.25) is 0 Å². The molecule has 0 aliphatic carbocycles. The van der Waals surface area contributed by atoms with Gasteiger partial charge in [0.1, 0.15) is 5.69 Å². The molecule has 0 aromatic heterocycles. The Kier molecular flexibility index (Phi) is 3.81. The van der Waals surface area contributed by atoms with Gasteiger partial charge in [-0.05, 0) is 12.1 Å². The predicted molar refractivity (Wildman–Crippen MR) is 74.5 cm³/mol. The van der Waals surface area contributed by atoms with Crippen LogP contribution >= 0.6 is 11.6 Å². The van der Waals surface area contributed by atoms with Gasteiger partial charge in [0, 0.05) is 11.8 Å². The monoisotopic (exact) mass is 293 g/mol. The number of nitro benzene ring substituents is 2. The van der Waals surface area contributed by atoms with Crippen molar-refractivity contribution in [2.45, 2.75) is 0 Å². The fourth-order valence-corrected chi connectivity index (χ4v) is 1.87. The van der Waals surface area contributed by atoms with E-state index in [2.05, 4.69) is 5.32 Å². The molecule has 0 radical (unpaired) electrons. The van der Waals surface area contributed by atoms with Crippen molar-refractivity contribution < 1.29 is 9.85 Å². The molecule has 20 heavy (non-hydrogen) atoms. The molecule has 102 valence electrons. The first kappa shape index (κ1) is 13.8. The first-order valence-corrected chi connectivity index (χ1v) is 5.81. The molecule has 1 N–H and O–H groups in total. The second-order valence-electron chi connectivity index (χ2n) is 3.83. The molecule has 0 atom stereocenters. The number of nitrogens with zero attached hydrogens (tertiary/aromatic N) is 2. The highest BCUT2D eigenvalue weighted by atomic mass is 35.5. The van der Waals surface area contributed by atoms with Crippen molar-refractivity contribution in [2.75, 3.05) is 5.32 Å². The number of para-hydroxylation sites is 1. The highest BCUT2D eigenvalue weighted by Gasteiger charge is 2.23. The molecule has 0 spiro atoms. The second kappa shape index (κ2) is 5.54. The summed E-state index contributed by atoms with van der Waals surface area (Å²) < 4.78 is 0. The fourth-order valence-electron chi connectivity index (χ4n) is 1.62. The van der Waals surface area contributed by atoms with Crippen molar-refractivity contribution in [1.82, 2.24) is 0 Å². The van der Waals surface area contributed by atoms with Gasteiger partial charge in [-0.2, -0.15) is 0 Å². The van der Waals surface area contributed by atoms with E-state index in [4.69, 9.17) is 11.6 Å². The van der Waals surface area contributed by atoms with E-state index >= 15 is 0 Å². The summed E-state index contributed by atoms with van der Waals surface area (Å²) in [4.78, 5) is 20.3. The first-order valence-electron chi connectivity index (χ1n) is 5.43. The number of hydrogen-bond donors (Lipinski definition) is 1. The van der Waals surface area contributed by atoms with Crippen LogP contribution in [0.25, 0.3) is 0 Å². The third-order valence-electron chi connectivity index (χ3n) is 2.50. The van der Waals surface area contributed by atoms with E-state index in [1.807, 2.05) is 0 Å². The van der Waals surface area contributed by atoms with Crippen molar-refractivity contribution >= 4 is 34.4 Å². The van der Waals surface area contributed by atoms with Crippen LogP contribution in [0.3, 0.4) is 0 Å². The van der Waals surface area contributed by atoms with Crippen molar-refractivity contribution in [2.24, 2.45) is 0 Å². The van der Waals surface area contributed by atoms with Gasteiger partial charge in [-0.15, -0.1) is 0 Å². The summed E-state index contributed by atoms with van der Waals surface area (Å²) in [6, 6.07) is 10.6. The molecule has 2 aromatic carbocycles. The highest BCUT2D eigenvalue weighted by Crippen LogP contribution is 2.38. The number of nitro groups is 2. The van der Waals surface area contributed by atoms with Gasteiger partial charge in [0.05, 0.1) is 20.9 Å². The minimum atomic E-state index is -0.731. The zero-order valence-electron chi connectivity index (χ0n) is 9.95. The number of benzene rings is 2. The first-order chi connectivity index (χ1) is 9.49. The van der Waals surface area contributed by atoms with E-state index in [0.717, 1.165) is 12.1 Å². The van der Waals surface area contributed by atoms with Gasteiger partial charge in [0.15, 0.2) is 0 Å². The van der Waals surface area contributed by atoms with Crippen LogP contribution in [0.1, 0.15) is 0 Å². The third-order valence-corrected chi connectivity index (χ3v) is 2.80. The molecule has 0 bridgehead atoms. The molecule has 2 rings (SSSR count). The van der Waals surface area contributed by atoms with E-state index in [-0.39, 0.29) is 10.7 Å². The Hall–Kier alpha value is -2.67. The normalized spacial score (nSPS) is 10.1. The summed E-state index contributed by atoms with van der Waals surface area (Å²) in [5.41, 5.74) is -0.270. The summed E-state index contributed by atoms with van der Waals surface area (Å²) in [6.45, 7) is 0. The van der Waals surface area contributed by atoms with E-state index in [1.54, 1.807) is 30.3 Å². The maximum absolute atomic E-state index is 11.0. The maximum Gasteiger partial charge on any atom is 0.301 e. The molecule has 0 heterocycles. The molecule has 0 unspecified atom stereocenters. The summed E-state index contributed by atoms with van der Waals surface area (Å²) in [7, 11) is 0. The van der Waals surface area contributed by atoms with Crippen molar-refractivity contribution in [1.29, 1.82) is 0 Å². The average molecular weight is 294 g/mol. The molecule has 8 heteroatoms. The van der Waals surface area contributed by atoms with Crippen LogP contribution in [0, 0.1) is 20.2 Å². The lowest BCUT2D eigenvalue weighted by Gasteiger charge is -2.08. The number of nitrogens with one attached hydrogen (secondary N) is 1. The minimum Gasteiger partial charge on any atom is -0.349 e. The Balaban J connectivity index is 2.51. The van der Waals surface area contributed by atoms with Crippen LogP contribution < -0.4 is 5.32 Å². The molecule has 7 nitrogen and oxygen atoms in total. The van der Waals surface area contributed by atoms with Gasteiger partial charge in [-0.3, -0.25) is 20.2 Å². The largest absolute Gasteiger partial charge is 0.349 e. The summed E-state index contributed by atoms with van der Waals surface area (Å²) in [5.74, 6) is 0. The second-order valence-corrected chi connectivity index (χ2v) is 4.23. The van der Waals surface area contributed by atoms with Crippen molar-refractivity contribution in [3.05, 3.63) is 67.7 Å². The Morgan fingerprint density at radius 3 is 2.20 bits per heavy atom. The lowest BCUT2D eigenvalue weighted by Crippen LogP contribution is -1.99. The van der Waals surface area contributed by atoms with Crippen LogP contribution in [0.5, 0.6) is 0 Å². The summed E-state index contributed by atoms with van der Waals surface area (Å²) >= 11 is 5.90. The van der Waals surface area contributed by atoms with E-state index in [9.17, 15) is 20.2 Å². The third kappa shape index (κ3) is 2.83. The Bertz CT molecular complexity index is 676. The molecule has 0 aliphatic heterocycles. The zero-order valence-corrected chi connectivity index (χ0v) is 10.7. The van der Waals surface area contributed by atoms with Crippen molar-refractivity contribution in [3.8, 4) is 0 Å². The molecule has 0 saturated heterocycles. The topological polar surface area (TPSA) is 98.3 Å². The molecule has 0 amide bonds. The molecular formula is C12H8ClN3O4. The lowest BCUT2D eigenvalue weighted by molar-refractivity contribution is -0.393. The van der Waals surface area contributed by atoms with Gasteiger partial charge in [-0.25, -0.2) is 0 Å². The summed E-state index contributed by atoms with van der Waals surface area (Å²) in [5, 5.41) is 24.4. The van der Waals surface area contributed by atoms with Crippen LogP contribution in [0.4, 0.5) is 22.7 Å². The number of anilines is 2. The number of hydrogen-bond acceptors (Lipinski definition) is 5. The standard InChI is InChI=1S/C12H8ClN3O4/c13-10-6-9(15(17)18)7-11(16(19)20)12(10)14-8-4-2-1-3-5-8/h1-7,14H. The summed E-state index contributed by atoms with van der Waals surface area (Å²) in [6.07, 6.45) is 0. The predicted octanol–water partition coefficient (Wildman–Crippen LogP) is 3.90. The smallest absolute Gasteiger partial charge is 0.301 e. The number of halogens is 1. The van der Waals surface area contributed by atoms with Gasteiger partial charge < -0.3 is 5.32 Å². The average Bonchev–Trinajstić information content (AvgIpc) is 2.41. The number of non-ortho nitro benzene ring substituents is 1. The van der Waals surface area contributed by atoms with Crippen LogP contribution in [-0.4, -0.2) is 9.85 Å². The van der Waals surface area contributed by atoms with Crippen LogP contribution in [0.15, 0.2) is 42.5 Å². The van der Waals surface area contributed by atoms with E-state index in [1.165, 1.54) is 0 Å². The van der Waals surface area contributed by atoms with Gasteiger partial charge in [0.25, 0.3) is 5.69 Å². The molecule has 0 fully saturated rings. The fraction of sp³-hybridized carbons (Fsp3) is 0. The van der Waals surface area contributed by atoms with Gasteiger partial charge in [-0.1, -0.05) is 29.8 Å². The van der Waals surface area contributed by atoms with Gasteiger partial charge >= 0.3 is 5.69 Å². The van der Waals surface area contributed by atoms with Crippen LogP contribution in [0.2, 0.25) is 5.02 Å². The van der Waals surface area contributed by atoms with E-state index < -0.39 is 21.2 Å².